The summed E-state index contributed by atoms with van der Waals surface area (Å²) in [6.45, 7) is 4.27. The molecule has 0 aliphatic carbocycles. The Hall–Kier alpha value is -1.03. The molecule has 1 atom stereocenters. The molecule has 0 saturated heterocycles. The van der Waals surface area contributed by atoms with Crippen molar-refractivity contribution >= 4 is 17.5 Å². The summed E-state index contributed by atoms with van der Waals surface area (Å²) >= 11 is 5.83. The maximum Gasteiger partial charge on any atom is 0.257 e. The van der Waals surface area contributed by atoms with Gasteiger partial charge in [-0.05, 0) is 13.8 Å². The molecule has 0 saturated carbocycles. The van der Waals surface area contributed by atoms with Crippen molar-refractivity contribution in [3.05, 3.63) is 17.5 Å². The van der Waals surface area contributed by atoms with Gasteiger partial charge in [0.05, 0.1) is 11.8 Å². The normalized spacial score (nSPS) is 12.6. The van der Waals surface area contributed by atoms with Crippen LogP contribution in [0.1, 0.15) is 23.0 Å². The van der Waals surface area contributed by atoms with Crippen LogP contribution in [0.2, 0.25) is 0 Å². The fraction of sp³-hybridized carbons (Fsp3) is 0.600. The van der Waals surface area contributed by atoms with E-state index in [2.05, 4.69) is 5.10 Å². The molecule has 1 amide bonds. The fourth-order valence-corrected chi connectivity index (χ4v) is 1.58. The largest absolute Gasteiger partial charge is 0.340 e. The highest BCUT2D eigenvalue weighted by Crippen LogP contribution is 2.09. The molecule has 4 nitrogen and oxygen atoms in total. The zero-order valence-corrected chi connectivity index (χ0v) is 10.2. The number of carbonyl (C=O) groups excluding carboxylic acids is 1. The summed E-state index contributed by atoms with van der Waals surface area (Å²) in [6.07, 6.45) is 1.59. The monoisotopic (exact) mass is 229 g/mol. The Balaban J connectivity index is 2.81. The van der Waals surface area contributed by atoms with Gasteiger partial charge >= 0.3 is 0 Å². The Labute approximate surface area is 94.8 Å². The zero-order chi connectivity index (χ0) is 11.6. The maximum atomic E-state index is 11.9. The van der Waals surface area contributed by atoms with Gasteiger partial charge in [0.2, 0.25) is 0 Å². The highest BCUT2D eigenvalue weighted by atomic mass is 35.5. The van der Waals surface area contributed by atoms with E-state index in [-0.39, 0.29) is 11.3 Å². The van der Waals surface area contributed by atoms with Crippen LogP contribution in [0, 0.1) is 6.92 Å². The number of nitrogens with zero attached hydrogens (tertiary/aromatic N) is 3. The van der Waals surface area contributed by atoms with E-state index in [0.29, 0.717) is 12.1 Å². The van der Waals surface area contributed by atoms with Gasteiger partial charge in [0.15, 0.2) is 0 Å². The van der Waals surface area contributed by atoms with Crippen LogP contribution < -0.4 is 0 Å². The van der Waals surface area contributed by atoms with Crippen molar-refractivity contribution in [3.8, 4) is 0 Å². The molecule has 1 unspecified atom stereocenters. The number of amides is 1. The van der Waals surface area contributed by atoms with E-state index < -0.39 is 0 Å². The maximum absolute atomic E-state index is 11.9. The molecule has 5 heteroatoms. The molecule has 0 bridgehead atoms. The van der Waals surface area contributed by atoms with Crippen LogP contribution in [0.4, 0.5) is 0 Å². The van der Waals surface area contributed by atoms with Gasteiger partial charge in [0, 0.05) is 31.7 Å². The van der Waals surface area contributed by atoms with Gasteiger partial charge in [-0.1, -0.05) is 0 Å². The van der Waals surface area contributed by atoms with Crippen LogP contribution in [0.25, 0.3) is 0 Å². The molecule has 0 spiro atoms. The minimum absolute atomic E-state index is 0.0342. The van der Waals surface area contributed by atoms with Crippen LogP contribution in [-0.4, -0.2) is 39.6 Å². The zero-order valence-electron chi connectivity index (χ0n) is 9.49. The number of alkyl halides is 1. The quantitative estimate of drug-likeness (QED) is 0.736. The number of halogens is 1. The average molecular weight is 230 g/mol. The predicted octanol–water partition coefficient (Wildman–Crippen LogP) is 1.43. The van der Waals surface area contributed by atoms with Crippen LogP contribution in [0.3, 0.4) is 0 Å². The number of carbonyl (C=O) groups is 1. The van der Waals surface area contributed by atoms with Gasteiger partial charge in [-0.3, -0.25) is 9.48 Å². The topological polar surface area (TPSA) is 38.1 Å². The molecule has 0 aliphatic rings. The van der Waals surface area contributed by atoms with E-state index in [1.807, 2.05) is 20.9 Å². The third kappa shape index (κ3) is 2.72. The van der Waals surface area contributed by atoms with E-state index >= 15 is 0 Å². The molecule has 1 rings (SSSR count). The SMILES string of the molecule is Cc1c(C(=O)N(C)CC(C)Cl)cnn1C. The van der Waals surface area contributed by atoms with Gasteiger partial charge < -0.3 is 4.90 Å². The summed E-state index contributed by atoms with van der Waals surface area (Å²) in [7, 11) is 3.56. The Kier molecular flexibility index (Phi) is 3.74. The molecular weight excluding hydrogens is 214 g/mol. The Morgan fingerprint density at radius 1 is 1.73 bits per heavy atom. The predicted molar refractivity (Wildman–Crippen MR) is 60.2 cm³/mol. The average Bonchev–Trinajstić information content (AvgIpc) is 2.45. The third-order valence-corrected chi connectivity index (χ3v) is 2.48. The van der Waals surface area contributed by atoms with Crippen LogP contribution in [-0.2, 0) is 7.05 Å². The molecule has 0 radical (unpaired) electrons. The molecule has 0 N–H and O–H groups in total. The molecule has 1 aromatic rings. The summed E-state index contributed by atoms with van der Waals surface area (Å²) in [5.74, 6) is -0.0342. The smallest absolute Gasteiger partial charge is 0.257 e. The second-order valence-corrected chi connectivity index (χ2v) is 4.48. The van der Waals surface area contributed by atoms with E-state index in [4.69, 9.17) is 11.6 Å². The minimum Gasteiger partial charge on any atom is -0.340 e. The van der Waals surface area contributed by atoms with Crippen molar-refractivity contribution in [1.82, 2.24) is 14.7 Å². The lowest BCUT2D eigenvalue weighted by Gasteiger charge is -2.17. The van der Waals surface area contributed by atoms with Crippen molar-refractivity contribution in [1.29, 1.82) is 0 Å². The number of aromatic nitrogens is 2. The standard InChI is InChI=1S/C10H16ClN3O/c1-7(11)6-13(3)10(15)9-5-12-14(4)8(9)2/h5,7H,6H2,1-4H3. The second kappa shape index (κ2) is 4.66. The summed E-state index contributed by atoms with van der Waals surface area (Å²) < 4.78 is 1.69. The molecular formula is C10H16ClN3O. The number of hydrogen-bond acceptors (Lipinski definition) is 2. The second-order valence-electron chi connectivity index (χ2n) is 3.73. The van der Waals surface area contributed by atoms with Crippen LogP contribution in [0.15, 0.2) is 6.20 Å². The lowest BCUT2D eigenvalue weighted by molar-refractivity contribution is 0.0795. The summed E-state index contributed by atoms with van der Waals surface area (Å²) in [6, 6.07) is 0. The van der Waals surface area contributed by atoms with Crippen molar-refractivity contribution in [2.45, 2.75) is 19.2 Å². The Bertz CT molecular complexity index is 360. The summed E-state index contributed by atoms with van der Waals surface area (Å²) in [5, 5.41) is 3.99. The first-order valence-electron chi connectivity index (χ1n) is 4.81. The first kappa shape index (κ1) is 12.0. The molecule has 0 fully saturated rings. The van der Waals surface area contributed by atoms with Gasteiger partial charge in [0.25, 0.3) is 5.91 Å². The van der Waals surface area contributed by atoms with E-state index in [0.717, 1.165) is 5.69 Å². The van der Waals surface area contributed by atoms with E-state index in [1.54, 1.807) is 22.8 Å². The van der Waals surface area contributed by atoms with Gasteiger partial charge in [-0.25, -0.2) is 0 Å². The summed E-state index contributed by atoms with van der Waals surface area (Å²) in [4.78, 5) is 13.5. The Morgan fingerprint density at radius 2 is 2.33 bits per heavy atom. The van der Waals surface area contributed by atoms with Crippen molar-refractivity contribution in [3.63, 3.8) is 0 Å². The van der Waals surface area contributed by atoms with Gasteiger partial charge in [0.1, 0.15) is 0 Å². The number of rotatable bonds is 3. The number of hydrogen-bond donors (Lipinski definition) is 0. The molecule has 0 aliphatic heterocycles. The van der Waals surface area contributed by atoms with Crippen molar-refractivity contribution in [2.75, 3.05) is 13.6 Å². The molecule has 1 heterocycles. The highest BCUT2D eigenvalue weighted by molar-refractivity contribution is 6.20. The van der Waals surface area contributed by atoms with Crippen molar-refractivity contribution < 1.29 is 4.79 Å². The minimum atomic E-state index is -0.0454. The van der Waals surface area contributed by atoms with E-state index in [1.165, 1.54) is 0 Å². The molecule has 1 aromatic heterocycles. The third-order valence-electron chi connectivity index (χ3n) is 2.34. The lowest BCUT2D eigenvalue weighted by atomic mass is 10.2. The lowest BCUT2D eigenvalue weighted by Crippen LogP contribution is -2.31. The van der Waals surface area contributed by atoms with Gasteiger partial charge in [-0.15, -0.1) is 11.6 Å². The molecule has 84 valence electrons. The van der Waals surface area contributed by atoms with Gasteiger partial charge in [-0.2, -0.15) is 5.10 Å². The number of aryl methyl sites for hydroxylation is 1. The first-order chi connectivity index (χ1) is 6.93. The van der Waals surface area contributed by atoms with Crippen LogP contribution in [0.5, 0.6) is 0 Å². The highest BCUT2D eigenvalue weighted by Gasteiger charge is 2.17. The fourth-order valence-electron chi connectivity index (χ4n) is 1.37. The van der Waals surface area contributed by atoms with Crippen molar-refractivity contribution in [2.24, 2.45) is 7.05 Å². The molecule has 15 heavy (non-hydrogen) atoms. The Morgan fingerprint density at radius 3 is 2.73 bits per heavy atom. The summed E-state index contributed by atoms with van der Waals surface area (Å²) in [5.41, 5.74) is 1.51. The van der Waals surface area contributed by atoms with Crippen LogP contribution >= 0.6 is 11.6 Å². The molecule has 0 aromatic carbocycles. The first-order valence-corrected chi connectivity index (χ1v) is 5.25. The van der Waals surface area contributed by atoms with E-state index in [9.17, 15) is 4.79 Å².